The fourth-order valence-electron chi connectivity index (χ4n) is 5.43. The van der Waals surface area contributed by atoms with E-state index in [0.29, 0.717) is 19.0 Å². The Hall–Kier alpha value is -1.40. The van der Waals surface area contributed by atoms with Crippen molar-refractivity contribution >= 4 is 5.91 Å². The molecule has 3 heterocycles. The summed E-state index contributed by atoms with van der Waals surface area (Å²) in [7, 11) is 0. The van der Waals surface area contributed by atoms with E-state index in [4.69, 9.17) is 4.74 Å². The van der Waals surface area contributed by atoms with Crippen molar-refractivity contribution in [1.82, 2.24) is 20.0 Å². The van der Waals surface area contributed by atoms with Crippen LogP contribution >= 0.6 is 0 Å². The zero-order valence-corrected chi connectivity index (χ0v) is 17.5. The minimum absolute atomic E-state index is 0.0890. The lowest BCUT2D eigenvalue weighted by atomic mass is 9.87. The van der Waals surface area contributed by atoms with Crippen molar-refractivity contribution in [2.75, 3.05) is 32.7 Å². The summed E-state index contributed by atoms with van der Waals surface area (Å²) in [4.78, 5) is 17.7. The summed E-state index contributed by atoms with van der Waals surface area (Å²) >= 11 is 0. The number of likely N-dealkylation sites (tertiary alicyclic amines) is 1. The molecule has 2 saturated heterocycles. The molecule has 0 spiro atoms. The SMILES string of the molecule is CC1CN(C(=O)c2cn[nH]c2C2CCN(CC3CCCCC3)CC2)CC(C)O1. The maximum Gasteiger partial charge on any atom is 0.257 e. The van der Waals surface area contributed by atoms with Crippen LogP contribution in [0, 0.1) is 5.92 Å². The predicted molar refractivity (Wildman–Crippen MR) is 109 cm³/mol. The van der Waals surface area contributed by atoms with Crippen molar-refractivity contribution in [3.8, 4) is 0 Å². The molecule has 0 aromatic carbocycles. The van der Waals surface area contributed by atoms with Gasteiger partial charge >= 0.3 is 0 Å². The Labute approximate surface area is 169 Å². The first-order chi connectivity index (χ1) is 13.6. The minimum atomic E-state index is 0.0890. The highest BCUT2D eigenvalue weighted by molar-refractivity contribution is 5.95. The summed E-state index contributed by atoms with van der Waals surface area (Å²) in [5.41, 5.74) is 1.82. The van der Waals surface area contributed by atoms with Crippen LogP contribution in [0.2, 0.25) is 0 Å². The highest BCUT2D eigenvalue weighted by Gasteiger charge is 2.32. The van der Waals surface area contributed by atoms with Gasteiger partial charge in [-0.25, -0.2) is 0 Å². The predicted octanol–water partition coefficient (Wildman–Crippen LogP) is 3.42. The Kier molecular flexibility index (Phi) is 6.36. The number of carbonyl (C=O) groups excluding carboxylic acids is 1. The monoisotopic (exact) mass is 388 g/mol. The topological polar surface area (TPSA) is 61.5 Å². The summed E-state index contributed by atoms with van der Waals surface area (Å²) in [5, 5.41) is 7.41. The Morgan fingerprint density at radius 3 is 2.46 bits per heavy atom. The van der Waals surface area contributed by atoms with E-state index < -0.39 is 0 Å². The molecule has 2 aliphatic heterocycles. The zero-order chi connectivity index (χ0) is 19.5. The average Bonchev–Trinajstić information content (AvgIpc) is 3.18. The van der Waals surface area contributed by atoms with E-state index >= 15 is 0 Å². The van der Waals surface area contributed by atoms with Crippen LogP contribution in [-0.2, 0) is 4.74 Å². The number of piperidine rings is 1. The van der Waals surface area contributed by atoms with Crippen molar-refractivity contribution < 1.29 is 9.53 Å². The first kappa shape index (κ1) is 19.9. The molecule has 2 unspecified atom stereocenters. The highest BCUT2D eigenvalue weighted by Crippen LogP contribution is 2.32. The van der Waals surface area contributed by atoms with Crippen molar-refractivity contribution in [1.29, 1.82) is 0 Å². The molecule has 1 N–H and O–H groups in total. The summed E-state index contributed by atoms with van der Waals surface area (Å²) in [6.07, 6.45) is 11.2. The number of amides is 1. The van der Waals surface area contributed by atoms with E-state index in [-0.39, 0.29) is 18.1 Å². The third-order valence-electron chi connectivity index (χ3n) is 6.84. The number of morpholine rings is 1. The van der Waals surface area contributed by atoms with E-state index in [1.54, 1.807) is 6.20 Å². The van der Waals surface area contributed by atoms with Crippen LogP contribution in [-0.4, -0.2) is 70.8 Å². The van der Waals surface area contributed by atoms with E-state index in [2.05, 4.69) is 15.1 Å². The van der Waals surface area contributed by atoms with Gasteiger partial charge in [-0.05, 0) is 58.5 Å². The molecule has 3 fully saturated rings. The van der Waals surface area contributed by atoms with Crippen molar-refractivity contribution in [3.05, 3.63) is 17.5 Å². The number of aromatic amines is 1. The van der Waals surface area contributed by atoms with Crippen molar-refractivity contribution in [2.24, 2.45) is 5.92 Å². The van der Waals surface area contributed by atoms with Gasteiger partial charge in [-0.2, -0.15) is 5.10 Å². The van der Waals surface area contributed by atoms with Gasteiger partial charge in [0.15, 0.2) is 0 Å². The molecule has 1 amide bonds. The molecule has 4 rings (SSSR count). The molecule has 6 nitrogen and oxygen atoms in total. The van der Waals surface area contributed by atoms with Gasteiger partial charge in [0.1, 0.15) is 0 Å². The molecule has 1 aromatic rings. The quantitative estimate of drug-likeness (QED) is 0.859. The molecule has 1 aliphatic carbocycles. The lowest BCUT2D eigenvalue weighted by Crippen LogP contribution is -2.48. The van der Waals surface area contributed by atoms with Crippen LogP contribution in [0.15, 0.2) is 6.20 Å². The summed E-state index contributed by atoms with van der Waals surface area (Å²) in [6, 6.07) is 0. The molecule has 0 radical (unpaired) electrons. The maximum atomic E-state index is 13.1. The van der Waals surface area contributed by atoms with E-state index in [0.717, 1.165) is 43.1 Å². The number of nitrogens with one attached hydrogen (secondary N) is 1. The van der Waals surface area contributed by atoms with E-state index in [1.807, 2.05) is 18.7 Å². The molecule has 3 aliphatic rings. The first-order valence-electron chi connectivity index (χ1n) is 11.3. The molecular formula is C22H36N4O2. The lowest BCUT2D eigenvalue weighted by molar-refractivity contribution is -0.0586. The maximum absolute atomic E-state index is 13.1. The fourth-order valence-corrected chi connectivity index (χ4v) is 5.43. The molecule has 28 heavy (non-hydrogen) atoms. The Bertz CT molecular complexity index is 637. The number of aromatic nitrogens is 2. The number of carbonyl (C=O) groups is 1. The van der Waals surface area contributed by atoms with E-state index in [9.17, 15) is 4.79 Å². The number of hydrogen-bond donors (Lipinski definition) is 1. The second kappa shape index (κ2) is 8.95. The number of rotatable bonds is 4. The molecule has 6 heteroatoms. The van der Waals surface area contributed by atoms with Crippen LogP contribution in [0.5, 0.6) is 0 Å². The van der Waals surface area contributed by atoms with Crippen LogP contribution < -0.4 is 0 Å². The average molecular weight is 389 g/mol. The molecule has 2 atom stereocenters. The third kappa shape index (κ3) is 4.60. The summed E-state index contributed by atoms with van der Waals surface area (Å²) in [6.45, 7) is 8.94. The molecular weight excluding hydrogens is 352 g/mol. The van der Waals surface area contributed by atoms with Gasteiger partial charge < -0.3 is 14.5 Å². The molecule has 156 valence electrons. The van der Waals surface area contributed by atoms with Gasteiger partial charge in [0, 0.05) is 25.6 Å². The Morgan fingerprint density at radius 2 is 1.79 bits per heavy atom. The summed E-state index contributed by atoms with van der Waals surface area (Å²) in [5.74, 6) is 1.43. The molecule has 0 bridgehead atoms. The smallest absolute Gasteiger partial charge is 0.257 e. The van der Waals surface area contributed by atoms with Crippen molar-refractivity contribution in [2.45, 2.75) is 76.9 Å². The Morgan fingerprint density at radius 1 is 1.11 bits per heavy atom. The van der Waals surface area contributed by atoms with Crippen LogP contribution in [0.4, 0.5) is 0 Å². The number of ether oxygens (including phenoxy) is 1. The largest absolute Gasteiger partial charge is 0.372 e. The number of H-pyrrole nitrogens is 1. The summed E-state index contributed by atoms with van der Waals surface area (Å²) < 4.78 is 5.78. The third-order valence-corrected chi connectivity index (χ3v) is 6.84. The van der Waals surface area contributed by atoms with Gasteiger partial charge in [0.25, 0.3) is 5.91 Å². The normalized spacial score (nSPS) is 28.6. The van der Waals surface area contributed by atoms with Crippen LogP contribution in [0.3, 0.4) is 0 Å². The van der Waals surface area contributed by atoms with Gasteiger partial charge in [-0.3, -0.25) is 9.89 Å². The van der Waals surface area contributed by atoms with E-state index in [1.165, 1.54) is 38.6 Å². The van der Waals surface area contributed by atoms with Crippen LogP contribution in [0.25, 0.3) is 0 Å². The van der Waals surface area contributed by atoms with Crippen LogP contribution in [0.1, 0.15) is 80.8 Å². The zero-order valence-electron chi connectivity index (χ0n) is 17.5. The van der Waals surface area contributed by atoms with Gasteiger partial charge in [-0.15, -0.1) is 0 Å². The van der Waals surface area contributed by atoms with Gasteiger partial charge in [0.05, 0.1) is 29.7 Å². The fraction of sp³-hybridized carbons (Fsp3) is 0.818. The number of nitrogens with zero attached hydrogens (tertiary/aromatic N) is 3. The molecule has 1 aromatic heterocycles. The minimum Gasteiger partial charge on any atom is -0.372 e. The first-order valence-corrected chi connectivity index (χ1v) is 11.3. The van der Waals surface area contributed by atoms with Gasteiger partial charge in [-0.1, -0.05) is 19.3 Å². The van der Waals surface area contributed by atoms with Gasteiger partial charge in [0.2, 0.25) is 0 Å². The second-order valence-electron chi connectivity index (χ2n) is 9.24. The highest BCUT2D eigenvalue weighted by atomic mass is 16.5. The lowest BCUT2D eigenvalue weighted by Gasteiger charge is -2.36. The standard InChI is InChI=1S/C22H36N4O2/c1-16-13-26(14-17(2)28-16)22(27)20-12-23-24-21(20)19-8-10-25(11-9-19)15-18-6-4-3-5-7-18/h12,16-19H,3-11,13-15H2,1-2H3,(H,23,24). The van der Waals surface area contributed by atoms with Crippen molar-refractivity contribution in [3.63, 3.8) is 0 Å². The second-order valence-corrected chi connectivity index (χ2v) is 9.24. The Balaban J connectivity index is 1.35. The number of hydrogen-bond acceptors (Lipinski definition) is 4. The molecule has 1 saturated carbocycles.